The van der Waals surface area contributed by atoms with Gasteiger partial charge in [-0.3, -0.25) is 4.79 Å². The van der Waals surface area contributed by atoms with Crippen LogP contribution in [-0.4, -0.2) is 39.7 Å². The highest BCUT2D eigenvalue weighted by Gasteiger charge is 2.22. The standard InChI is InChI=1S/C23H27N5O/c1-27(2)23(29)21(17-10-5-3-6-11-17)24-19-13-9-12-18(16-19)22-26-25-20-14-7-4-8-15-28(20)22/h3,5-6,9-13,16,21,24H,4,7-8,14-15H2,1-2H3. The van der Waals surface area contributed by atoms with Gasteiger partial charge in [-0.1, -0.05) is 48.9 Å². The van der Waals surface area contributed by atoms with Gasteiger partial charge in [0, 0.05) is 38.3 Å². The van der Waals surface area contributed by atoms with Crippen molar-refractivity contribution in [2.45, 2.75) is 38.3 Å². The summed E-state index contributed by atoms with van der Waals surface area (Å²) in [4.78, 5) is 14.4. The average Bonchev–Trinajstić information content (AvgIpc) is 3.00. The Balaban J connectivity index is 1.64. The van der Waals surface area contributed by atoms with Gasteiger partial charge >= 0.3 is 0 Å². The number of amides is 1. The van der Waals surface area contributed by atoms with Gasteiger partial charge in [0.15, 0.2) is 5.82 Å². The third kappa shape index (κ3) is 4.16. The van der Waals surface area contributed by atoms with Crippen molar-refractivity contribution in [1.29, 1.82) is 0 Å². The van der Waals surface area contributed by atoms with Crippen LogP contribution in [0.5, 0.6) is 0 Å². The third-order valence-electron chi connectivity index (χ3n) is 5.36. The Hall–Kier alpha value is -3.15. The van der Waals surface area contributed by atoms with Crippen molar-refractivity contribution in [3.05, 3.63) is 66.0 Å². The zero-order chi connectivity index (χ0) is 20.2. The molecule has 1 amide bonds. The van der Waals surface area contributed by atoms with Gasteiger partial charge in [0.25, 0.3) is 0 Å². The molecule has 1 unspecified atom stereocenters. The maximum atomic E-state index is 12.8. The summed E-state index contributed by atoms with van der Waals surface area (Å²) >= 11 is 0. The summed E-state index contributed by atoms with van der Waals surface area (Å²) in [5.74, 6) is 1.99. The molecular weight excluding hydrogens is 362 g/mol. The lowest BCUT2D eigenvalue weighted by Crippen LogP contribution is -2.32. The van der Waals surface area contributed by atoms with E-state index >= 15 is 0 Å². The van der Waals surface area contributed by atoms with Crippen LogP contribution in [0.4, 0.5) is 5.69 Å². The minimum atomic E-state index is -0.447. The normalized spacial score (nSPS) is 14.6. The van der Waals surface area contributed by atoms with Crippen molar-refractivity contribution in [3.63, 3.8) is 0 Å². The Morgan fingerprint density at radius 3 is 2.66 bits per heavy atom. The molecule has 1 aliphatic rings. The highest BCUT2D eigenvalue weighted by atomic mass is 16.2. The zero-order valence-electron chi connectivity index (χ0n) is 17.0. The average molecular weight is 390 g/mol. The van der Waals surface area contributed by atoms with Crippen LogP contribution < -0.4 is 5.32 Å². The quantitative estimate of drug-likeness (QED) is 0.719. The second-order valence-electron chi connectivity index (χ2n) is 7.70. The number of likely N-dealkylation sites (N-methyl/N-ethyl adjacent to an activating group) is 1. The molecule has 0 saturated heterocycles. The molecule has 4 rings (SSSR count). The van der Waals surface area contributed by atoms with Gasteiger partial charge in [0.05, 0.1) is 0 Å². The largest absolute Gasteiger partial charge is 0.370 e. The maximum Gasteiger partial charge on any atom is 0.249 e. The third-order valence-corrected chi connectivity index (χ3v) is 5.36. The number of rotatable bonds is 5. The fraction of sp³-hybridized carbons (Fsp3) is 0.348. The zero-order valence-corrected chi connectivity index (χ0v) is 17.0. The Morgan fingerprint density at radius 2 is 1.86 bits per heavy atom. The first-order valence-corrected chi connectivity index (χ1v) is 10.2. The van der Waals surface area contributed by atoms with Crippen LogP contribution in [0.1, 0.15) is 36.7 Å². The lowest BCUT2D eigenvalue weighted by Gasteiger charge is -2.23. The molecule has 1 N–H and O–H groups in total. The number of fused-ring (bicyclic) bond motifs is 1. The molecular formula is C23H27N5O. The predicted molar refractivity (Wildman–Crippen MR) is 115 cm³/mol. The molecule has 2 heterocycles. The van der Waals surface area contributed by atoms with E-state index < -0.39 is 6.04 Å². The number of nitrogens with one attached hydrogen (secondary N) is 1. The number of carbonyl (C=O) groups is 1. The van der Waals surface area contributed by atoms with Crippen molar-refractivity contribution < 1.29 is 4.79 Å². The second kappa shape index (κ2) is 8.47. The molecule has 1 atom stereocenters. The van der Waals surface area contributed by atoms with E-state index in [0.29, 0.717) is 0 Å². The molecule has 29 heavy (non-hydrogen) atoms. The van der Waals surface area contributed by atoms with E-state index in [9.17, 15) is 4.79 Å². The fourth-order valence-corrected chi connectivity index (χ4v) is 3.80. The number of anilines is 1. The molecule has 3 aromatic rings. The van der Waals surface area contributed by atoms with E-state index in [-0.39, 0.29) is 5.91 Å². The van der Waals surface area contributed by atoms with E-state index in [1.165, 1.54) is 12.8 Å². The topological polar surface area (TPSA) is 63.1 Å². The minimum Gasteiger partial charge on any atom is -0.370 e. The molecule has 150 valence electrons. The van der Waals surface area contributed by atoms with Crippen LogP contribution in [0.3, 0.4) is 0 Å². The molecule has 6 heteroatoms. The van der Waals surface area contributed by atoms with Crippen LogP contribution in [0, 0.1) is 0 Å². The number of nitrogens with zero attached hydrogens (tertiary/aromatic N) is 4. The maximum absolute atomic E-state index is 12.8. The van der Waals surface area contributed by atoms with Gasteiger partial charge in [0.1, 0.15) is 11.9 Å². The van der Waals surface area contributed by atoms with E-state index in [1.807, 2.05) is 42.5 Å². The molecule has 0 bridgehead atoms. The Labute approximate surface area is 171 Å². The van der Waals surface area contributed by atoms with Gasteiger partial charge < -0.3 is 14.8 Å². The summed E-state index contributed by atoms with van der Waals surface area (Å²) in [6, 6.07) is 17.5. The highest BCUT2D eigenvalue weighted by molar-refractivity contribution is 5.86. The second-order valence-corrected chi connectivity index (χ2v) is 7.70. The number of benzene rings is 2. The summed E-state index contributed by atoms with van der Waals surface area (Å²) < 4.78 is 2.24. The van der Waals surface area contributed by atoms with E-state index in [1.54, 1.807) is 19.0 Å². The molecule has 1 aromatic heterocycles. The molecule has 6 nitrogen and oxygen atoms in total. The van der Waals surface area contributed by atoms with E-state index in [4.69, 9.17) is 0 Å². The SMILES string of the molecule is CN(C)C(=O)C(Nc1cccc(-c2nnc3n2CCCCC3)c1)c1ccccc1. The predicted octanol–water partition coefficient (Wildman–Crippen LogP) is 3.91. The van der Waals surface area contributed by atoms with Gasteiger partial charge in [-0.2, -0.15) is 0 Å². The first kappa shape index (κ1) is 19.2. The van der Waals surface area contributed by atoms with Crippen LogP contribution in [-0.2, 0) is 17.8 Å². The molecule has 0 spiro atoms. The van der Waals surface area contributed by atoms with Crippen molar-refractivity contribution in [2.75, 3.05) is 19.4 Å². The van der Waals surface area contributed by atoms with Crippen molar-refractivity contribution in [3.8, 4) is 11.4 Å². The van der Waals surface area contributed by atoms with E-state index in [2.05, 4.69) is 32.2 Å². The molecule has 0 aliphatic carbocycles. The lowest BCUT2D eigenvalue weighted by molar-refractivity contribution is -0.129. The minimum absolute atomic E-state index is 0.0120. The summed E-state index contributed by atoms with van der Waals surface area (Å²) in [6.45, 7) is 0.959. The number of hydrogen-bond donors (Lipinski definition) is 1. The number of aryl methyl sites for hydroxylation is 1. The number of aromatic nitrogens is 3. The van der Waals surface area contributed by atoms with Crippen molar-refractivity contribution in [1.82, 2.24) is 19.7 Å². The molecule has 0 fully saturated rings. The lowest BCUT2D eigenvalue weighted by atomic mass is 10.0. The first-order valence-electron chi connectivity index (χ1n) is 10.2. The fourth-order valence-electron chi connectivity index (χ4n) is 3.80. The Morgan fingerprint density at radius 1 is 1.03 bits per heavy atom. The van der Waals surface area contributed by atoms with Crippen molar-refractivity contribution >= 4 is 11.6 Å². The summed E-state index contributed by atoms with van der Waals surface area (Å²) in [5.41, 5.74) is 2.84. The van der Waals surface area contributed by atoms with E-state index in [0.717, 1.165) is 47.8 Å². The van der Waals surface area contributed by atoms with Crippen LogP contribution >= 0.6 is 0 Å². The van der Waals surface area contributed by atoms with Gasteiger partial charge in [-0.05, 0) is 30.5 Å². The number of carbonyl (C=O) groups excluding carboxylic acids is 1. The monoisotopic (exact) mass is 389 g/mol. The van der Waals surface area contributed by atoms with Crippen LogP contribution in [0.15, 0.2) is 54.6 Å². The highest BCUT2D eigenvalue weighted by Crippen LogP contribution is 2.27. The van der Waals surface area contributed by atoms with Gasteiger partial charge in [0.2, 0.25) is 5.91 Å². The van der Waals surface area contributed by atoms with Crippen LogP contribution in [0.25, 0.3) is 11.4 Å². The summed E-state index contributed by atoms with van der Waals surface area (Å²) in [5, 5.41) is 12.3. The molecule has 0 saturated carbocycles. The Bertz CT molecular complexity index is 980. The van der Waals surface area contributed by atoms with Crippen molar-refractivity contribution in [2.24, 2.45) is 0 Å². The van der Waals surface area contributed by atoms with Gasteiger partial charge in [-0.15, -0.1) is 10.2 Å². The summed E-state index contributed by atoms with van der Waals surface area (Å²) in [7, 11) is 3.56. The molecule has 2 aromatic carbocycles. The summed E-state index contributed by atoms with van der Waals surface area (Å²) in [6.07, 6.45) is 4.54. The number of hydrogen-bond acceptors (Lipinski definition) is 4. The molecule has 1 aliphatic heterocycles. The van der Waals surface area contributed by atoms with Crippen LogP contribution in [0.2, 0.25) is 0 Å². The first-order chi connectivity index (χ1) is 14.1. The smallest absolute Gasteiger partial charge is 0.249 e. The molecule has 0 radical (unpaired) electrons. The van der Waals surface area contributed by atoms with Gasteiger partial charge in [-0.25, -0.2) is 0 Å². The Kier molecular flexibility index (Phi) is 5.60.